The first-order valence-electron chi connectivity index (χ1n) is 14.9. The maximum absolute atomic E-state index is 13.9. The van der Waals surface area contributed by atoms with Gasteiger partial charge in [0.25, 0.3) is 11.5 Å². The van der Waals surface area contributed by atoms with Crippen molar-refractivity contribution in [2.75, 3.05) is 57.1 Å². The van der Waals surface area contributed by atoms with Crippen molar-refractivity contribution in [2.45, 2.75) is 59.7 Å². The molecule has 2 aromatic heterocycles. The van der Waals surface area contributed by atoms with Crippen LogP contribution in [0.3, 0.4) is 0 Å². The van der Waals surface area contributed by atoms with Crippen molar-refractivity contribution in [1.29, 1.82) is 0 Å². The second-order valence-corrected chi connectivity index (χ2v) is 13.5. The Bertz CT molecular complexity index is 1650. The number of nitrogens with zero attached hydrogens (tertiary/aromatic N) is 4. The highest BCUT2D eigenvalue weighted by molar-refractivity contribution is 7.88. The molecule has 234 valence electrons. The van der Waals surface area contributed by atoms with Gasteiger partial charge >= 0.3 is 0 Å². The fourth-order valence-corrected chi connectivity index (χ4v) is 7.13. The Kier molecular flexibility index (Phi) is 9.26. The molecular formula is C30H42N6O6S. The summed E-state index contributed by atoms with van der Waals surface area (Å²) in [6.07, 6.45) is 2.60. The molecule has 0 unspecified atom stereocenters. The number of fused-ring (bicyclic) bond motifs is 1. The van der Waals surface area contributed by atoms with Crippen molar-refractivity contribution in [1.82, 2.24) is 24.5 Å². The first kappa shape index (κ1) is 31.2. The molecule has 0 bridgehead atoms. The average molecular weight is 615 g/mol. The van der Waals surface area contributed by atoms with Gasteiger partial charge in [-0.3, -0.25) is 14.5 Å². The third-order valence-electron chi connectivity index (χ3n) is 8.55. The van der Waals surface area contributed by atoms with E-state index in [9.17, 15) is 18.0 Å². The summed E-state index contributed by atoms with van der Waals surface area (Å²) in [4.78, 5) is 38.6. The van der Waals surface area contributed by atoms with Gasteiger partial charge in [0.15, 0.2) is 5.58 Å². The van der Waals surface area contributed by atoms with Crippen molar-refractivity contribution < 1.29 is 22.4 Å². The first-order valence-corrected chi connectivity index (χ1v) is 16.7. The number of carbonyl (C=O) groups is 1. The summed E-state index contributed by atoms with van der Waals surface area (Å²) in [6, 6.07) is 3.94. The van der Waals surface area contributed by atoms with E-state index in [1.807, 2.05) is 32.9 Å². The molecule has 0 aliphatic carbocycles. The van der Waals surface area contributed by atoms with Crippen molar-refractivity contribution in [3.05, 3.63) is 56.3 Å². The molecule has 2 aliphatic rings. The van der Waals surface area contributed by atoms with Crippen LogP contribution in [-0.2, 0) is 27.8 Å². The van der Waals surface area contributed by atoms with Crippen molar-refractivity contribution in [3.63, 3.8) is 0 Å². The van der Waals surface area contributed by atoms with Gasteiger partial charge in [0.2, 0.25) is 15.9 Å². The zero-order chi connectivity index (χ0) is 30.9. The molecule has 0 atom stereocenters. The lowest BCUT2D eigenvalue weighted by molar-refractivity contribution is 0.0308. The molecule has 4 heterocycles. The fourth-order valence-electron chi connectivity index (χ4n) is 6.26. The number of nitrogens with one attached hydrogen (secondary N) is 2. The maximum atomic E-state index is 13.9. The molecule has 0 radical (unpaired) electrons. The lowest BCUT2D eigenvalue weighted by Gasteiger charge is -2.39. The Morgan fingerprint density at radius 1 is 1.14 bits per heavy atom. The molecule has 0 saturated carbocycles. The van der Waals surface area contributed by atoms with E-state index in [4.69, 9.17) is 14.1 Å². The predicted octanol–water partition coefficient (Wildman–Crippen LogP) is 2.45. The molecule has 1 aromatic carbocycles. The number of rotatable bonds is 9. The Morgan fingerprint density at radius 2 is 1.84 bits per heavy atom. The van der Waals surface area contributed by atoms with Crippen molar-refractivity contribution in [3.8, 4) is 0 Å². The molecular weight excluding hydrogens is 572 g/mol. The highest BCUT2D eigenvalue weighted by Gasteiger charge is 2.31. The van der Waals surface area contributed by atoms with E-state index >= 15 is 0 Å². The second kappa shape index (κ2) is 12.8. The van der Waals surface area contributed by atoms with E-state index in [1.165, 1.54) is 10.6 Å². The SMILES string of the molecule is CCN(c1cc2oc(CN3CCOCC3)nc2c(C(=O)NCc2c(C)cc(C)[nH]c2=O)c1C)C1CCN(S(C)(=O)=O)CC1. The topological polar surface area (TPSA) is 141 Å². The highest BCUT2D eigenvalue weighted by Crippen LogP contribution is 2.35. The monoisotopic (exact) mass is 614 g/mol. The highest BCUT2D eigenvalue weighted by atomic mass is 32.2. The molecule has 1 amide bonds. The summed E-state index contributed by atoms with van der Waals surface area (Å²) in [5, 5.41) is 2.97. The number of hydrogen-bond acceptors (Lipinski definition) is 9. The molecule has 12 nitrogen and oxygen atoms in total. The van der Waals surface area contributed by atoms with Gasteiger partial charge in [-0.05, 0) is 57.7 Å². The van der Waals surface area contributed by atoms with Crippen LogP contribution in [0.5, 0.6) is 0 Å². The number of aryl methyl sites for hydroxylation is 2. The Hall–Kier alpha value is -3.26. The standard InChI is InChI=1S/C30H42N6O6S/c1-6-36(22-7-9-35(10-8-22)43(5,39)40)24-16-25-28(33-26(42-25)18-34-11-13-41-14-12-34)27(21(24)4)30(38)31-17-23-19(2)15-20(3)32-29(23)37/h15-16,22H,6-14,17-18H2,1-5H3,(H,31,38)(H,32,37). The van der Waals surface area contributed by atoms with Gasteiger partial charge < -0.3 is 24.4 Å². The quantitative estimate of drug-likeness (QED) is 0.372. The summed E-state index contributed by atoms with van der Waals surface area (Å²) in [5.74, 6) is 0.190. The minimum Gasteiger partial charge on any atom is -0.439 e. The van der Waals surface area contributed by atoms with Crippen LogP contribution in [0, 0.1) is 20.8 Å². The summed E-state index contributed by atoms with van der Waals surface area (Å²) in [5.41, 5.74) is 4.90. The van der Waals surface area contributed by atoms with E-state index in [0.717, 1.165) is 35.6 Å². The number of oxazole rings is 1. The summed E-state index contributed by atoms with van der Waals surface area (Å²) >= 11 is 0. The molecule has 0 spiro atoms. The first-order chi connectivity index (χ1) is 20.5. The van der Waals surface area contributed by atoms with Crippen molar-refractivity contribution >= 4 is 32.7 Å². The number of morpholine rings is 1. The predicted molar refractivity (Wildman–Crippen MR) is 165 cm³/mol. The van der Waals surface area contributed by atoms with Crippen molar-refractivity contribution in [2.24, 2.45) is 0 Å². The van der Waals surface area contributed by atoms with Gasteiger partial charge in [-0.2, -0.15) is 0 Å². The van der Waals surface area contributed by atoms with E-state index in [2.05, 4.69) is 27.0 Å². The number of carbonyl (C=O) groups excluding carboxylic acids is 1. The van der Waals surface area contributed by atoms with Gasteiger partial charge in [0.05, 0.1) is 31.6 Å². The molecule has 5 rings (SSSR count). The van der Waals surface area contributed by atoms with Crippen LogP contribution in [0.25, 0.3) is 11.1 Å². The van der Waals surface area contributed by atoms with Crippen LogP contribution in [0.1, 0.15) is 58.4 Å². The Balaban J connectivity index is 1.50. The van der Waals surface area contributed by atoms with Crippen LogP contribution >= 0.6 is 0 Å². The van der Waals surface area contributed by atoms with Gasteiger partial charge in [-0.15, -0.1) is 0 Å². The van der Waals surface area contributed by atoms with Gasteiger partial charge in [-0.1, -0.05) is 0 Å². The molecule has 2 saturated heterocycles. The van der Waals surface area contributed by atoms with E-state index in [0.29, 0.717) is 80.4 Å². The zero-order valence-corrected chi connectivity index (χ0v) is 26.5. The van der Waals surface area contributed by atoms with E-state index in [1.54, 1.807) is 0 Å². The number of hydrogen-bond donors (Lipinski definition) is 2. The van der Waals surface area contributed by atoms with Crippen LogP contribution in [0.4, 0.5) is 5.69 Å². The third-order valence-corrected chi connectivity index (χ3v) is 9.86. The fraction of sp³-hybridized carbons (Fsp3) is 0.567. The number of piperidine rings is 1. The molecule has 2 fully saturated rings. The molecule has 43 heavy (non-hydrogen) atoms. The minimum absolute atomic E-state index is 0.0748. The van der Waals surface area contributed by atoms with Crippen LogP contribution in [-0.4, -0.2) is 91.7 Å². The second-order valence-electron chi connectivity index (χ2n) is 11.5. The number of aromatic amines is 1. The number of aromatic nitrogens is 2. The maximum Gasteiger partial charge on any atom is 0.254 e. The molecule has 3 aromatic rings. The number of amides is 1. The van der Waals surface area contributed by atoms with Gasteiger partial charge in [0, 0.05) is 68.3 Å². The smallest absolute Gasteiger partial charge is 0.254 e. The number of anilines is 1. The molecule has 2 aliphatic heterocycles. The number of ether oxygens (including phenoxy) is 1. The average Bonchev–Trinajstić information content (AvgIpc) is 3.35. The summed E-state index contributed by atoms with van der Waals surface area (Å²) < 4.78 is 37.5. The van der Waals surface area contributed by atoms with Crippen LogP contribution in [0.15, 0.2) is 21.3 Å². The largest absolute Gasteiger partial charge is 0.439 e. The minimum atomic E-state index is -3.25. The lowest BCUT2D eigenvalue weighted by Crippen LogP contribution is -2.46. The molecule has 2 N–H and O–H groups in total. The van der Waals surface area contributed by atoms with Crippen LogP contribution < -0.4 is 15.8 Å². The third kappa shape index (κ3) is 6.79. The van der Waals surface area contributed by atoms with E-state index in [-0.39, 0.29) is 24.1 Å². The van der Waals surface area contributed by atoms with Gasteiger partial charge in [0.1, 0.15) is 5.52 Å². The Labute approximate surface area is 252 Å². The normalized spacial score (nSPS) is 17.4. The zero-order valence-electron chi connectivity index (χ0n) is 25.7. The van der Waals surface area contributed by atoms with E-state index < -0.39 is 10.0 Å². The number of pyridine rings is 1. The number of H-pyrrole nitrogens is 1. The van der Waals surface area contributed by atoms with Gasteiger partial charge in [-0.25, -0.2) is 17.7 Å². The number of sulfonamides is 1. The summed E-state index contributed by atoms with van der Waals surface area (Å²) in [7, 11) is -3.25. The molecule has 13 heteroatoms. The number of benzene rings is 1. The Morgan fingerprint density at radius 3 is 2.47 bits per heavy atom. The summed E-state index contributed by atoms with van der Waals surface area (Å²) in [6.45, 7) is 12.7. The lowest BCUT2D eigenvalue weighted by atomic mass is 9.99. The van der Waals surface area contributed by atoms with Crippen LogP contribution in [0.2, 0.25) is 0 Å².